The number of carbonyl (C=O) groups is 1. The van der Waals surface area contributed by atoms with Gasteiger partial charge in [-0.2, -0.15) is 0 Å². The third-order valence-electron chi connectivity index (χ3n) is 1.78. The third kappa shape index (κ3) is 3.23. The van der Waals surface area contributed by atoms with Gasteiger partial charge in [-0.25, -0.2) is 4.79 Å². The molecule has 11 heavy (non-hydrogen) atoms. The minimum atomic E-state index is -0.668. The number of ether oxygens (including phenoxy) is 1. The molecule has 0 aliphatic carbocycles. The summed E-state index contributed by atoms with van der Waals surface area (Å²) >= 11 is 0. The zero-order valence-electron chi connectivity index (χ0n) is 6.51. The molecule has 1 heterocycles. The molecule has 3 N–H and O–H groups in total. The summed E-state index contributed by atoms with van der Waals surface area (Å²) in [5.74, 6) is 0. The molecule has 1 atom stereocenters. The maximum Gasteiger partial charge on any atom is 0.404 e. The summed E-state index contributed by atoms with van der Waals surface area (Å²) < 4.78 is 4.85. The maximum atomic E-state index is 10.4. The van der Waals surface area contributed by atoms with Gasteiger partial charge in [0.05, 0.1) is 0 Å². The summed E-state index contributed by atoms with van der Waals surface area (Å²) in [6.45, 7) is 1.75. The van der Waals surface area contributed by atoms with E-state index in [0.717, 1.165) is 32.4 Å². The Kier molecular flexibility index (Phi) is 3.16. The van der Waals surface area contributed by atoms with Crippen molar-refractivity contribution < 1.29 is 9.53 Å². The second-order valence-electron chi connectivity index (χ2n) is 2.76. The predicted octanol–water partition coefficient (Wildman–Crippen LogP) is 0.224. The van der Waals surface area contributed by atoms with Gasteiger partial charge in [-0.05, 0) is 25.8 Å². The standard InChI is InChI=1S/C7H14N2O2/c8-7(10)11-6-3-1-2-4-9-5-6/h6,9H,1-5H2,(H2,8,10). The Bertz CT molecular complexity index is 130. The van der Waals surface area contributed by atoms with Crippen LogP contribution in [0.1, 0.15) is 19.3 Å². The molecular weight excluding hydrogens is 144 g/mol. The summed E-state index contributed by atoms with van der Waals surface area (Å²) in [6.07, 6.45) is 2.49. The van der Waals surface area contributed by atoms with Crippen molar-refractivity contribution in [1.82, 2.24) is 5.32 Å². The number of rotatable bonds is 1. The number of amides is 1. The molecule has 0 bridgehead atoms. The highest BCUT2D eigenvalue weighted by Gasteiger charge is 2.13. The first-order valence-electron chi connectivity index (χ1n) is 3.96. The van der Waals surface area contributed by atoms with Gasteiger partial charge < -0.3 is 15.8 Å². The van der Waals surface area contributed by atoms with E-state index in [9.17, 15) is 4.79 Å². The second kappa shape index (κ2) is 4.18. The second-order valence-corrected chi connectivity index (χ2v) is 2.76. The summed E-state index contributed by atoms with van der Waals surface area (Å²) in [5.41, 5.74) is 4.89. The van der Waals surface area contributed by atoms with Crippen LogP contribution >= 0.6 is 0 Å². The van der Waals surface area contributed by atoms with Crippen LogP contribution < -0.4 is 11.1 Å². The van der Waals surface area contributed by atoms with Crippen molar-refractivity contribution in [3.8, 4) is 0 Å². The quantitative estimate of drug-likeness (QED) is 0.574. The molecule has 0 aromatic rings. The molecule has 0 spiro atoms. The molecular formula is C7H14N2O2. The lowest BCUT2D eigenvalue weighted by Crippen LogP contribution is -2.31. The fraction of sp³-hybridized carbons (Fsp3) is 0.857. The average Bonchev–Trinajstić information content (AvgIpc) is 2.14. The van der Waals surface area contributed by atoms with E-state index >= 15 is 0 Å². The first-order chi connectivity index (χ1) is 5.29. The average molecular weight is 158 g/mol. The van der Waals surface area contributed by atoms with Gasteiger partial charge >= 0.3 is 6.09 Å². The van der Waals surface area contributed by atoms with Gasteiger partial charge in [0.25, 0.3) is 0 Å². The van der Waals surface area contributed by atoms with Gasteiger partial charge in [0.1, 0.15) is 6.10 Å². The molecule has 1 saturated heterocycles. The van der Waals surface area contributed by atoms with Gasteiger partial charge in [0.15, 0.2) is 0 Å². The Morgan fingerprint density at radius 1 is 1.55 bits per heavy atom. The highest BCUT2D eigenvalue weighted by atomic mass is 16.6. The molecule has 0 radical (unpaired) electrons. The predicted molar refractivity (Wildman–Crippen MR) is 41.2 cm³/mol. The molecule has 1 rings (SSSR count). The molecule has 1 fully saturated rings. The smallest absolute Gasteiger partial charge is 0.404 e. The lowest BCUT2D eigenvalue weighted by Gasteiger charge is -2.12. The van der Waals surface area contributed by atoms with Crippen LogP contribution in [-0.4, -0.2) is 25.3 Å². The minimum absolute atomic E-state index is 0.0185. The minimum Gasteiger partial charge on any atom is -0.445 e. The molecule has 64 valence electrons. The number of carbonyl (C=O) groups excluding carboxylic acids is 1. The van der Waals surface area contributed by atoms with Crippen LogP contribution in [0.4, 0.5) is 4.79 Å². The molecule has 1 amide bonds. The number of nitrogens with two attached hydrogens (primary N) is 1. The van der Waals surface area contributed by atoms with Crippen molar-refractivity contribution in [2.45, 2.75) is 25.4 Å². The zero-order valence-corrected chi connectivity index (χ0v) is 6.51. The summed E-state index contributed by atoms with van der Waals surface area (Å²) in [5, 5.41) is 3.17. The zero-order chi connectivity index (χ0) is 8.10. The van der Waals surface area contributed by atoms with E-state index in [4.69, 9.17) is 10.5 Å². The SMILES string of the molecule is NC(=O)OC1CCCCNC1. The van der Waals surface area contributed by atoms with E-state index in [-0.39, 0.29) is 6.10 Å². The fourth-order valence-corrected chi connectivity index (χ4v) is 1.25. The van der Waals surface area contributed by atoms with Gasteiger partial charge in [0.2, 0.25) is 0 Å². The molecule has 1 aliphatic heterocycles. The third-order valence-corrected chi connectivity index (χ3v) is 1.78. The van der Waals surface area contributed by atoms with Crippen LogP contribution in [0.25, 0.3) is 0 Å². The first kappa shape index (κ1) is 8.33. The Morgan fingerprint density at radius 2 is 2.36 bits per heavy atom. The molecule has 4 heteroatoms. The number of primary amides is 1. The van der Waals surface area contributed by atoms with E-state index in [2.05, 4.69) is 5.32 Å². The molecule has 1 unspecified atom stereocenters. The van der Waals surface area contributed by atoms with E-state index in [1.165, 1.54) is 0 Å². The van der Waals surface area contributed by atoms with Gasteiger partial charge in [-0.1, -0.05) is 0 Å². The van der Waals surface area contributed by atoms with Crippen molar-refractivity contribution in [2.24, 2.45) is 5.73 Å². The van der Waals surface area contributed by atoms with E-state index in [1.54, 1.807) is 0 Å². The van der Waals surface area contributed by atoms with Crippen molar-refractivity contribution in [1.29, 1.82) is 0 Å². The molecule has 0 aromatic carbocycles. The monoisotopic (exact) mass is 158 g/mol. The van der Waals surface area contributed by atoms with Crippen molar-refractivity contribution in [3.63, 3.8) is 0 Å². The summed E-state index contributed by atoms with van der Waals surface area (Å²) in [4.78, 5) is 10.4. The summed E-state index contributed by atoms with van der Waals surface area (Å²) in [7, 11) is 0. The van der Waals surface area contributed by atoms with E-state index < -0.39 is 6.09 Å². The van der Waals surface area contributed by atoms with Crippen molar-refractivity contribution in [2.75, 3.05) is 13.1 Å². The Hall–Kier alpha value is -0.770. The van der Waals surface area contributed by atoms with Crippen LogP contribution in [0.15, 0.2) is 0 Å². The highest BCUT2D eigenvalue weighted by molar-refractivity contribution is 5.64. The topological polar surface area (TPSA) is 64.4 Å². The van der Waals surface area contributed by atoms with E-state index in [1.807, 2.05) is 0 Å². The van der Waals surface area contributed by atoms with Crippen LogP contribution in [-0.2, 0) is 4.74 Å². The molecule has 0 saturated carbocycles. The van der Waals surface area contributed by atoms with Crippen molar-refractivity contribution in [3.05, 3.63) is 0 Å². The molecule has 0 aromatic heterocycles. The largest absolute Gasteiger partial charge is 0.445 e. The van der Waals surface area contributed by atoms with Crippen LogP contribution in [0, 0.1) is 0 Å². The van der Waals surface area contributed by atoms with Gasteiger partial charge in [-0.15, -0.1) is 0 Å². The molecule has 1 aliphatic rings. The highest BCUT2D eigenvalue weighted by Crippen LogP contribution is 2.07. The molecule has 4 nitrogen and oxygen atoms in total. The first-order valence-corrected chi connectivity index (χ1v) is 3.96. The lowest BCUT2D eigenvalue weighted by atomic mass is 10.2. The lowest BCUT2D eigenvalue weighted by molar-refractivity contribution is 0.103. The maximum absolute atomic E-state index is 10.4. The van der Waals surface area contributed by atoms with Crippen LogP contribution in [0.5, 0.6) is 0 Å². The Morgan fingerprint density at radius 3 is 3.09 bits per heavy atom. The van der Waals surface area contributed by atoms with Gasteiger partial charge in [-0.3, -0.25) is 0 Å². The summed E-state index contributed by atoms with van der Waals surface area (Å²) in [6, 6.07) is 0. The number of nitrogens with one attached hydrogen (secondary N) is 1. The number of hydrogen-bond donors (Lipinski definition) is 2. The van der Waals surface area contributed by atoms with Crippen LogP contribution in [0.2, 0.25) is 0 Å². The van der Waals surface area contributed by atoms with Crippen LogP contribution in [0.3, 0.4) is 0 Å². The fourth-order valence-electron chi connectivity index (χ4n) is 1.25. The Balaban J connectivity index is 2.25. The number of hydrogen-bond acceptors (Lipinski definition) is 3. The van der Waals surface area contributed by atoms with E-state index in [0.29, 0.717) is 0 Å². The van der Waals surface area contributed by atoms with Gasteiger partial charge in [0, 0.05) is 6.54 Å². The Labute approximate surface area is 66.1 Å². The normalized spacial score (nSPS) is 25.6. The van der Waals surface area contributed by atoms with Crippen molar-refractivity contribution >= 4 is 6.09 Å².